The van der Waals surface area contributed by atoms with Gasteiger partial charge >= 0.3 is 0 Å². The zero-order chi connectivity index (χ0) is 13.0. The van der Waals surface area contributed by atoms with Crippen LogP contribution in [0.3, 0.4) is 0 Å². The van der Waals surface area contributed by atoms with Gasteiger partial charge in [0.2, 0.25) is 0 Å². The third-order valence-electron chi connectivity index (χ3n) is 2.35. The molecule has 0 bridgehead atoms. The number of rotatable bonds is 5. The highest BCUT2D eigenvalue weighted by Gasteiger charge is 2.14. The molecule has 0 aliphatic rings. The molecular formula is C13H18ClNOS. The molecule has 0 amide bonds. The first-order chi connectivity index (χ1) is 7.91. The zero-order valence-corrected chi connectivity index (χ0v) is 11.9. The fourth-order valence-corrected chi connectivity index (χ4v) is 2.30. The molecule has 0 spiro atoms. The van der Waals surface area contributed by atoms with Crippen molar-refractivity contribution in [2.45, 2.75) is 33.3 Å². The van der Waals surface area contributed by atoms with Gasteiger partial charge in [0.25, 0.3) is 0 Å². The molecule has 1 rings (SSSR count). The van der Waals surface area contributed by atoms with Crippen LogP contribution in [-0.4, -0.2) is 11.1 Å². The lowest BCUT2D eigenvalue weighted by atomic mass is 10.1. The van der Waals surface area contributed by atoms with Crippen LogP contribution in [0.5, 0.6) is 5.75 Å². The van der Waals surface area contributed by atoms with E-state index in [1.54, 1.807) is 6.07 Å². The largest absolute Gasteiger partial charge is 0.490 e. The average Bonchev–Trinajstić information content (AvgIpc) is 2.15. The summed E-state index contributed by atoms with van der Waals surface area (Å²) in [5, 5.41) is 0.534. The monoisotopic (exact) mass is 271 g/mol. The summed E-state index contributed by atoms with van der Waals surface area (Å²) in [6, 6.07) is 5.44. The minimum atomic E-state index is 0.113. The second kappa shape index (κ2) is 6.22. The Morgan fingerprint density at radius 3 is 2.59 bits per heavy atom. The summed E-state index contributed by atoms with van der Waals surface area (Å²) in [6.07, 6.45) is 1.09. The summed E-state index contributed by atoms with van der Waals surface area (Å²) in [7, 11) is 0. The van der Waals surface area contributed by atoms with Crippen molar-refractivity contribution in [1.82, 2.24) is 0 Å². The molecule has 0 fully saturated rings. The third-order valence-corrected chi connectivity index (χ3v) is 2.87. The van der Waals surface area contributed by atoms with Gasteiger partial charge in [0, 0.05) is 0 Å². The van der Waals surface area contributed by atoms with Gasteiger partial charge in [-0.05, 0) is 31.4 Å². The predicted octanol–water partition coefficient (Wildman–Crippen LogP) is 3.79. The smallest absolute Gasteiger partial charge is 0.131 e. The van der Waals surface area contributed by atoms with Crippen LogP contribution in [0.4, 0.5) is 0 Å². The lowest BCUT2D eigenvalue weighted by molar-refractivity contribution is 0.193. The Kier molecular flexibility index (Phi) is 5.22. The van der Waals surface area contributed by atoms with E-state index in [2.05, 4.69) is 13.8 Å². The second-order valence-electron chi connectivity index (χ2n) is 4.54. The van der Waals surface area contributed by atoms with Gasteiger partial charge in [-0.3, -0.25) is 0 Å². The van der Waals surface area contributed by atoms with Crippen molar-refractivity contribution >= 4 is 28.8 Å². The number of thiocarbonyl (C=S) groups is 1. The molecule has 0 heterocycles. The van der Waals surface area contributed by atoms with Crippen LogP contribution in [0, 0.1) is 5.92 Å². The van der Waals surface area contributed by atoms with E-state index in [1.807, 2.05) is 19.1 Å². The molecule has 0 radical (unpaired) electrons. The van der Waals surface area contributed by atoms with Gasteiger partial charge in [-0.15, -0.1) is 0 Å². The van der Waals surface area contributed by atoms with E-state index < -0.39 is 0 Å². The van der Waals surface area contributed by atoms with E-state index in [0.717, 1.165) is 6.42 Å². The molecular weight excluding hydrogens is 254 g/mol. The number of halogens is 1. The van der Waals surface area contributed by atoms with Crippen LogP contribution in [-0.2, 0) is 0 Å². The Labute approximate surface area is 113 Å². The average molecular weight is 272 g/mol. The van der Waals surface area contributed by atoms with Crippen molar-refractivity contribution in [1.29, 1.82) is 0 Å². The maximum atomic E-state index is 6.07. The molecule has 1 aromatic rings. The molecule has 94 valence electrons. The Hall–Kier alpha value is -0.800. The van der Waals surface area contributed by atoms with Gasteiger partial charge in [-0.2, -0.15) is 0 Å². The fraction of sp³-hybridized carbons (Fsp3) is 0.462. The SMILES string of the molecule is CC(C)CC(C)Oc1cccc(Cl)c1C(N)=S. The minimum absolute atomic E-state index is 0.113. The molecule has 2 N–H and O–H groups in total. The van der Waals surface area contributed by atoms with Crippen LogP contribution < -0.4 is 10.5 Å². The minimum Gasteiger partial charge on any atom is -0.490 e. The lowest BCUT2D eigenvalue weighted by Crippen LogP contribution is -2.18. The first-order valence-electron chi connectivity index (χ1n) is 5.66. The van der Waals surface area contributed by atoms with Crippen molar-refractivity contribution in [2.75, 3.05) is 0 Å². The zero-order valence-electron chi connectivity index (χ0n) is 10.4. The molecule has 2 nitrogen and oxygen atoms in total. The van der Waals surface area contributed by atoms with E-state index in [0.29, 0.717) is 22.3 Å². The van der Waals surface area contributed by atoms with Crippen LogP contribution in [0.15, 0.2) is 18.2 Å². The highest BCUT2D eigenvalue weighted by Crippen LogP contribution is 2.27. The van der Waals surface area contributed by atoms with Crippen LogP contribution in [0.2, 0.25) is 5.02 Å². The molecule has 1 unspecified atom stereocenters. The summed E-state index contributed by atoms with van der Waals surface area (Å²) in [5.74, 6) is 1.25. The molecule has 1 aromatic carbocycles. The third kappa shape index (κ3) is 4.17. The van der Waals surface area contributed by atoms with Gasteiger partial charge in [0.05, 0.1) is 16.7 Å². The lowest BCUT2D eigenvalue weighted by Gasteiger charge is -2.19. The molecule has 0 aliphatic carbocycles. The van der Waals surface area contributed by atoms with E-state index in [1.165, 1.54) is 0 Å². The van der Waals surface area contributed by atoms with Crippen molar-refractivity contribution in [3.05, 3.63) is 28.8 Å². The Morgan fingerprint density at radius 1 is 1.41 bits per heavy atom. The quantitative estimate of drug-likeness (QED) is 0.828. The number of ether oxygens (including phenoxy) is 1. The van der Waals surface area contributed by atoms with Crippen molar-refractivity contribution in [3.63, 3.8) is 0 Å². The van der Waals surface area contributed by atoms with Gasteiger partial charge < -0.3 is 10.5 Å². The normalized spacial score (nSPS) is 12.5. The number of hydrogen-bond acceptors (Lipinski definition) is 2. The highest BCUT2D eigenvalue weighted by molar-refractivity contribution is 7.80. The van der Waals surface area contributed by atoms with E-state index in [4.69, 9.17) is 34.3 Å². The summed E-state index contributed by atoms with van der Waals surface area (Å²) in [5.41, 5.74) is 6.28. The summed E-state index contributed by atoms with van der Waals surface area (Å²) >= 11 is 11.1. The van der Waals surface area contributed by atoms with Crippen LogP contribution in [0.1, 0.15) is 32.8 Å². The Morgan fingerprint density at radius 2 is 2.06 bits per heavy atom. The molecule has 17 heavy (non-hydrogen) atoms. The van der Waals surface area contributed by atoms with Crippen LogP contribution in [0.25, 0.3) is 0 Å². The number of nitrogens with two attached hydrogens (primary N) is 1. The molecule has 0 aliphatic heterocycles. The summed E-state index contributed by atoms with van der Waals surface area (Å²) < 4.78 is 5.85. The molecule has 4 heteroatoms. The van der Waals surface area contributed by atoms with Gasteiger partial charge in [-0.25, -0.2) is 0 Å². The molecule has 1 atom stereocenters. The molecule has 0 saturated carbocycles. The van der Waals surface area contributed by atoms with Crippen molar-refractivity contribution in [3.8, 4) is 5.75 Å². The van der Waals surface area contributed by atoms with Crippen LogP contribution >= 0.6 is 23.8 Å². The topological polar surface area (TPSA) is 35.2 Å². The van der Waals surface area contributed by atoms with Gasteiger partial charge in [-0.1, -0.05) is 43.7 Å². The van der Waals surface area contributed by atoms with E-state index >= 15 is 0 Å². The maximum Gasteiger partial charge on any atom is 0.131 e. The van der Waals surface area contributed by atoms with E-state index in [9.17, 15) is 0 Å². The van der Waals surface area contributed by atoms with E-state index in [-0.39, 0.29) is 11.1 Å². The summed E-state index contributed by atoms with van der Waals surface area (Å²) in [6.45, 7) is 6.35. The van der Waals surface area contributed by atoms with Crippen molar-refractivity contribution in [2.24, 2.45) is 11.7 Å². The van der Waals surface area contributed by atoms with Crippen molar-refractivity contribution < 1.29 is 4.74 Å². The first-order valence-corrected chi connectivity index (χ1v) is 6.45. The summed E-state index contributed by atoms with van der Waals surface area (Å²) in [4.78, 5) is 0.266. The molecule has 0 saturated heterocycles. The maximum absolute atomic E-state index is 6.07. The predicted molar refractivity (Wildman–Crippen MR) is 76.9 cm³/mol. The highest BCUT2D eigenvalue weighted by atomic mass is 35.5. The Bertz CT molecular complexity index is 406. The number of benzene rings is 1. The Balaban J connectivity index is 2.91. The first kappa shape index (κ1) is 14.3. The van der Waals surface area contributed by atoms with Gasteiger partial charge in [0.15, 0.2) is 0 Å². The number of hydrogen-bond donors (Lipinski definition) is 1. The van der Waals surface area contributed by atoms with Gasteiger partial charge in [0.1, 0.15) is 10.7 Å². The standard InChI is InChI=1S/C13H18ClNOS/c1-8(2)7-9(3)16-11-6-4-5-10(14)12(11)13(15)17/h4-6,8-9H,7H2,1-3H3,(H2,15,17). The molecule has 0 aromatic heterocycles. The fourth-order valence-electron chi connectivity index (χ4n) is 1.77. The second-order valence-corrected chi connectivity index (χ2v) is 5.38.